The van der Waals surface area contributed by atoms with Crippen molar-refractivity contribution in [2.45, 2.75) is 71.6 Å². The predicted molar refractivity (Wildman–Crippen MR) is 104 cm³/mol. The summed E-state index contributed by atoms with van der Waals surface area (Å²) < 4.78 is 13.5. The summed E-state index contributed by atoms with van der Waals surface area (Å²) in [5.74, 6) is 2.26. The molecule has 0 radical (unpaired) electrons. The lowest BCUT2D eigenvalue weighted by atomic mass is 9.56. The summed E-state index contributed by atoms with van der Waals surface area (Å²) in [6, 6.07) is 7.22. The van der Waals surface area contributed by atoms with E-state index in [1.165, 1.54) is 37.7 Å². The van der Waals surface area contributed by atoms with Crippen molar-refractivity contribution in [3.63, 3.8) is 0 Å². The smallest absolute Gasteiger partial charge is 0.220 e. The van der Waals surface area contributed by atoms with Crippen LogP contribution in [0.3, 0.4) is 0 Å². The lowest BCUT2D eigenvalue weighted by Gasteiger charge is -2.49. The van der Waals surface area contributed by atoms with E-state index in [9.17, 15) is 9.18 Å². The molecule has 1 saturated heterocycles. The minimum Gasteiger partial charge on any atom is -0.356 e. The topological polar surface area (TPSA) is 29.1 Å². The normalized spacial score (nSPS) is 29.4. The molecule has 1 heterocycles. The average Bonchev–Trinajstić information content (AvgIpc) is 2.99. The van der Waals surface area contributed by atoms with Crippen LogP contribution in [0.2, 0.25) is 0 Å². The number of amides is 1. The van der Waals surface area contributed by atoms with Gasteiger partial charge in [-0.3, -0.25) is 4.79 Å². The second-order valence-electron chi connectivity index (χ2n) is 9.22. The first-order chi connectivity index (χ1) is 12.4. The van der Waals surface area contributed by atoms with E-state index in [0.29, 0.717) is 30.1 Å². The van der Waals surface area contributed by atoms with Gasteiger partial charge in [0, 0.05) is 13.0 Å². The molecule has 1 amide bonds. The molecule has 1 saturated carbocycles. The molecule has 1 aromatic carbocycles. The van der Waals surface area contributed by atoms with Crippen LogP contribution in [0.5, 0.6) is 0 Å². The molecule has 2 fully saturated rings. The van der Waals surface area contributed by atoms with Gasteiger partial charge in [-0.25, -0.2) is 4.39 Å². The van der Waals surface area contributed by atoms with E-state index in [1.807, 2.05) is 12.1 Å². The van der Waals surface area contributed by atoms with E-state index in [1.54, 1.807) is 12.1 Å². The summed E-state index contributed by atoms with van der Waals surface area (Å²) in [7, 11) is 0. The number of benzene rings is 1. The van der Waals surface area contributed by atoms with Gasteiger partial charge in [-0.2, -0.15) is 0 Å². The van der Waals surface area contributed by atoms with Crippen LogP contribution in [0.1, 0.15) is 77.2 Å². The highest BCUT2D eigenvalue weighted by molar-refractivity contribution is 5.78. The number of halogens is 1. The molecule has 1 aliphatic carbocycles. The van der Waals surface area contributed by atoms with Crippen molar-refractivity contribution in [2.75, 3.05) is 6.54 Å². The van der Waals surface area contributed by atoms with Crippen LogP contribution in [0.25, 0.3) is 0 Å². The lowest BCUT2D eigenvalue weighted by molar-refractivity contribution is -0.119. The molecule has 3 heteroatoms. The first-order valence-corrected chi connectivity index (χ1v) is 10.4. The first-order valence-electron chi connectivity index (χ1n) is 10.4. The number of nitrogens with one attached hydrogen (secondary N) is 1. The van der Waals surface area contributed by atoms with Crippen LogP contribution in [0.15, 0.2) is 24.3 Å². The Labute approximate surface area is 158 Å². The maximum Gasteiger partial charge on any atom is 0.220 e. The van der Waals surface area contributed by atoms with Crippen molar-refractivity contribution >= 4 is 5.91 Å². The van der Waals surface area contributed by atoms with E-state index in [4.69, 9.17) is 0 Å². The molecule has 1 aliphatic heterocycles. The minimum absolute atomic E-state index is 0.152. The SMILES string of the molecule is CCCC(CC1CNC(=O)C1)C1C(c2ccc(F)cc2)CCCC1(C)C. The quantitative estimate of drug-likeness (QED) is 0.696. The molecule has 4 atom stereocenters. The molecular formula is C23H34FNO. The van der Waals surface area contributed by atoms with Crippen LogP contribution in [0, 0.1) is 29.0 Å². The first kappa shape index (κ1) is 19.4. The molecule has 1 N–H and O–H groups in total. The highest BCUT2D eigenvalue weighted by Crippen LogP contribution is 2.54. The fourth-order valence-corrected chi connectivity index (χ4v) is 5.79. The van der Waals surface area contributed by atoms with E-state index in [0.717, 1.165) is 13.0 Å². The number of hydrogen-bond acceptors (Lipinski definition) is 1. The predicted octanol–water partition coefficient (Wildman–Crippen LogP) is 5.68. The highest BCUT2D eigenvalue weighted by Gasteiger charge is 2.44. The third kappa shape index (κ3) is 4.29. The van der Waals surface area contributed by atoms with Crippen molar-refractivity contribution in [1.29, 1.82) is 0 Å². The maximum absolute atomic E-state index is 13.5. The monoisotopic (exact) mass is 359 g/mol. The van der Waals surface area contributed by atoms with E-state index >= 15 is 0 Å². The Bertz CT molecular complexity index is 609. The van der Waals surface area contributed by atoms with Crippen LogP contribution in [-0.2, 0) is 4.79 Å². The third-order valence-corrected chi connectivity index (χ3v) is 6.84. The van der Waals surface area contributed by atoms with Gasteiger partial charge < -0.3 is 5.32 Å². The van der Waals surface area contributed by atoms with Crippen molar-refractivity contribution < 1.29 is 9.18 Å². The Kier molecular flexibility index (Phi) is 6.04. The maximum atomic E-state index is 13.5. The Morgan fingerprint density at radius 1 is 1.27 bits per heavy atom. The molecule has 3 rings (SSSR count). The molecule has 0 spiro atoms. The highest BCUT2D eigenvalue weighted by atomic mass is 19.1. The van der Waals surface area contributed by atoms with Gasteiger partial charge >= 0.3 is 0 Å². The fraction of sp³-hybridized carbons (Fsp3) is 0.696. The van der Waals surface area contributed by atoms with Gasteiger partial charge in [-0.15, -0.1) is 0 Å². The molecule has 0 bridgehead atoms. The van der Waals surface area contributed by atoms with Gasteiger partial charge in [0.2, 0.25) is 5.91 Å². The summed E-state index contributed by atoms with van der Waals surface area (Å²) in [6.07, 6.45) is 7.93. The van der Waals surface area contributed by atoms with Crippen LogP contribution >= 0.6 is 0 Å². The molecule has 1 aromatic rings. The van der Waals surface area contributed by atoms with E-state index in [-0.39, 0.29) is 17.1 Å². The van der Waals surface area contributed by atoms with Gasteiger partial charge in [0.25, 0.3) is 0 Å². The van der Waals surface area contributed by atoms with Crippen LogP contribution < -0.4 is 5.32 Å². The molecule has 144 valence electrons. The van der Waals surface area contributed by atoms with Gasteiger partial charge in [-0.1, -0.05) is 52.2 Å². The molecule has 26 heavy (non-hydrogen) atoms. The van der Waals surface area contributed by atoms with Gasteiger partial charge in [0.1, 0.15) is 5.82 Å². The van der Waals surface area contributed by atoms with Crippen molar-refractivity contribution in [1.82, 2.24) is 5.32 Å². The second-order valence-corrected chi connectivity index (χ2v) is 9.22. The zero-order valence-corrected chi connectivity index (χ0v) is 16.6. The second kappa shape index (κ2) is 8.10. The van der Waals surface area contributed by atoms with Crippen molar-refractivity contribution in [3.05, 3.63) is 35.6 Å². The molecular weight excluding hydrogens is 325 g/mol. The molecule has 0 aromatic heterocycles. The van der Waals surface area contributed by atoms with E-state index < -0.39 is 0 Å². The van der Waals surface area contributed by atoms with Gasteiger partial charge in [0.05, 0.1) is 0 Å². The zero-order chi connectivity index (χ0) is 18.7. The number of carbonyl (C=O) groups is 1. The fourth-order valence-electron chi connectivity index (χ4n) is 5.79. The van der Waals surface area contributed by atoms with E-state index in [2.05, 4.69) is 26.1 Å². The summed E-state index contributed by atoms with van der Waals surface area (Å²) in [5, 5.41) is 3.01. The summed E-state index contributed by atoms with van der Waals surface area (Å²) in [5.41, 5.74) is 1.58. The van der Waals surface area contributed by atoms with Crippen LogP contribution in [0.4, 0.5) is 4.39 Å². The Morgan fingerprint density at radius 3 is 2.62 bits per heavy atom. The lowest BCUT2D eigenvalue weighted by Crippen LogP contribution is -2.39. The standard InChI is InChI=1S/C23H34FNO/c1-4-6-18(13-16-14-21(26)25-15-16)22-20(7-5-12-23(22,2)3)17-8-10-19(24)11-9-17/h8-11,16,18,20,22H,4-7,12-15H2,1-3H3,(H,25,26). The summed E-state index contributed by atoms with van der Waals surface area (Å²) in [4.78, 5) is 11.7. The third-order valence-electron chi connectivity index (χ3n) is 6.84. The van der Waals surface area contributed by atoms with Crippen molar-refractivity contribution in [3.8, 4) is 0 Å². The van der Waals surface area contributed by atoms with Crippen molar-refractivity contribution in [2.24, 2.45) is 23.2 Å². The minimum atomic E-state index is -0.152. The zero-order valence-electron chi connectivity index (χ0n) is 16.6. The molecule has 4 unspecified atom stereocenters. The average molecular weight is 360 g/mol. The number of carbonyl (C=O) groups excluding carboxylic acids is 1. The largest absolute Gasteiger partial charge is 0.356 e. The molecule has 2 aliphatic rings. The Hall–Kier alpha value is -1.38. The number of hydrogen-bond donors (Lipinski definition) is 1. The van der Waals surface area contributed by atoms with Gasteiger partial charge in [0.15, 0.2) is 0 Å². The molecule has 2 nitrogen and oxygen atoms in total. The number of rotatable bonds is 6. The summed E-state index contributed by atoms with van der Waals surface area (Å²) in [6.45, 7) is 7.96. The Morgan fingerprint density at radius 2 is 2.00 bits per heavy atom. The summed E-state index contributed by atoms with van der Waals surface area (Å²) >= 11 is 0. The van der Waals surface area contributed by atoms with Gasteiger partial charge in [-0.05, 0) is 66.0 Å². The van der Waals surface area contributed by atoms with Crippen LogP contribution in [-0.4, -0.2) is 12.5 Å². The Balaban J connectivity index is 1.87.